The first-order valence-corrected chi connectivity index (χ1v) is 9.91. The molecule has 3 nitrogen and oxygen atoms in total. The molecule has 5 heteroatoms. The van der Waals surface area contributed by atoms with Crippen molar-refractivity contribution in [1.82, 2.24) is 0 Å². The van der Waals surface area contributed by atoms with E-state index in [1.807, 2.05) is 18.2 Å². The number of halogens is 1. The van der Waals surface area contributed by atoms with Crippen LogP contribution in [0.5, 0.6) is 0 Å². The van der Waals surface area contributed by atoms with Gasteiger partial charge in [-0.25, -0.2) is 4.79 Å². The van der Waals surface area contributed by atoms with Crippen LogP contribution in [0.15, 0.2) is 37.9 Å². The molecule has 0 amide bonds. The molecule has 0 fully saturated rings. The van der Waals surface area contributed by atoms with Gasteiger partial charge < -0.3 is 8.83 Å². The Kier molecular flexibility index (Phi) is 2.62. The van der Waals surface area contributed by atoms with Crippen molar-refractivity contribution < 1.29 is 8.83 Å². The largest absolute Gasteiger partial charge is 0.464 e. The zero-order valence-electron chi connectivity index (χ0n) is 10.9. The van der Waals surface area contributed by atoms with Gasteiger partial charge in [0.2, 0.25) is 0 Å². The molecule has 3 rings (SSSR count). The van der Waals surface area contributed by atoms with Crippen LogP contribution in [0.1, 0.15) is 0 Å². The van der Waals surface area contributed by atoms with Crippen LogP contribution in [0.4, 0.5) is 0 Å². The molecule has 0 atom stereocenters. The third-order valence-corrected chi connectivity index (χ3v) is 5.30. The summed E-state index contributed by atoms with van der Waals surface area (Å²) in [6.45, 7) is 6.38. The van der Waals surface area contributed by atoms with Gasteiger partial charge in [0.25, 0.3) is 0 Å². The van der Waals surface area contributed by atoms with Gasteiger partial charge in [-0.3, -0.25) is 0 Å². The number of furan rings is 1. The lowest BCUT2D eigenvalue weighted by Gasteiger charge is -2.11. The van der Waals surface area contributed by atoms with Crippen molar-refractivity contribution in [3.05, 3.63) is 39.7 Å². The maximum atomic E-state index is 12.1. The molecular weight excluding hydrogens is 280 g/mol. The molecule has 19 heavy (non-hydrogen) atoms. The third kappa shape index (κ3) is 1.83. The van der Waals surface area contributed by atoms with Crippen LogP contribution in [-0.2, 0) is 0 Å². The summed E-state index contributed by atoms with van der Waals surface area (Å²) >= 11 is 6.33. The Labute approximate surface area is 115 Å². The van der Waals surface area contributed by atoms with Crippen molar-refractivity contribution in [3.8, 4) is 0 Å². The lowest BCUT2D eigenvalue weighted by Crippen LogP contribution is -2.37. The SMILES string of the molecule is C[Si](C)(C)c1oc2c(c1Cl)c(=O)oc1ccccc12. The van der Waals surface area contributed by atoms with Crippen molar-refractivity contribution >= 4 is 47.0 Å². The van der Waals surface area contributed by atoms with E-state index in [-0.39, 0.29) is 0 Å². The first-order valence-electron chi connectivity index (χ1n) is 6.04. The van der Waals surface area contributed by atoms with E-state index in [1.165, 1.54) is 0 Å². The molecule has 0 spiro atoms. The Balaban J connectivity index is 2.56. The van der Waals surface area contributed by atoms with Crippen molar-refractivity contribution in [2.75, 3.05) is 0 Å². The average Bonchev–Trinajstić information content (AvgIpc) is 2.68. The monoisotopic (exact) mass is 292 g/mol. The van der Waals surface area contributed by atoms with Crippen molar-refractivity contribution in [3.63, 3.8) is 0 Å². The van der Waals surface area contributed by atoms with Crippen LogP contribution in [0.3, 0.4) is 0 Å². The van der Waals surface area contributed by atoms with Gasteiger partial charge in [0.1, 0.15) is 24.4 Å². The van der Waals surface area contributed by atoms with E-state index in [9.17, 15) is 4.79 Å². The Morgan fingerprint density at radius 1 is 1.11 bits per heavy atom. The molecule has 1 aromatic carbocycles. The number of hydrogen-bond acceptors (Lipinski definition) is 3. The highest BCUT2D eigenvalue weighted by Crippen LogP contribution is 2.29. The molecule has 0 aliphatic heterocycles. The summed E-state index contributed by atoms with van der Waals surface area (Å²) in [4.78, 5) is 12.1. The van der Waals surface area contributed by atoms with Gasteiger partial charge >= 0.3 is 5.63 Å². The Morgan fingerprint density at radius 2 is 1.79 bits per heavy atom. The molecule has 0 bridgehead atoms. The Hall–Kier alpha value is -1.52. The van der Waals surface area contributed by atoms with Crippen LogP contribution < -0.4 is 11.0 Å². The van der Waals surface area contributed by atoms with Gasteiger partial charge in [-0.1, -0.05) is 43.4 Å². The Bertz CT molecular complexity index is 839. The second-order valence-electron chi connectivity index (χ2n) is 5.58. The van der Waals surface area contributed by atoms with Crippen molar-refractivity contribution in [1.29, 1.82) is 0 Å². The van der Waals surface area contributed by atoms with E-state index in [4.69, 9.17) is 20.4 Å². The first kappa shape index (κ1) is 12.5. The molecule has 98 valence electrons. The summed E-state index contributed by atoms with van der Waals surface area (Å²) < 4.78 is 11.2. The van der Waals surface area contributed by atoms with E-state index in [0.29, 0.717) is 21.6 Å². The highest BCUT2D eigenvalue weighted by Gasteiger charge is 2.29. The number of benzene rings is 1. The van der Waals surface area contributed by atoms with Gasteiger partial charge in [-0.05, 0) is 12.1 Å². The lowest BCUT2D eigenvalue weighted by atomic mass is 10.2. The van der Waals surface area contributed by atoms with E-state index < -0.39 is 13.7 Å². The molecule has 0 aliphatic rings. The summed E-state index contributed by atoms with van der Waals surface area (Å²) in [5, 5.41) is 2.29. The van der Waals surface area contributed by atoms with Gasteiger partial charge in [-0.2, -0.15) is 0 Å². The van der Waals surface area contributed by atoms with E-state index in [1.54, 1.807) is 6.07 Å². The van der Waals surface area contributed by atoms with Crippen LogP contribution >= 0.6 is 11.6 Å². The van der Waals surface area contributed by atoms with Gasteiger partial charge in [-0.15, -0.1) is 0 Å². The smallest absolute Gasteiger partial charge is 0.349 e. The van der Waals surface area contributed by atoms with Gasteiger partial charge in [0.15, 0.2) is 5.58 Å². The molecule has 2 aromatic heterocycles. The predicted octanol–water partition coefficient (Wildman–Crippen LogP) is 3.74. The van der Waals surface area contributed by atoms with Gasteiger partial charge in [0.05, 0.1) is 10.4 Å². The highest BCUT2D eigenvalue weighted by molar-refractivity contribution is 6.89. The number of rotatable bonds is 1. The maximum Gasteiger partial charge on any atom is 0.349 e. The number of hydrogen-bond donors (Lipinski definition) is 0. The number of para-hydroxylation sites is 1. The quantitative estimate of drug-likeness (QED) is 0.507. The van der Waals surface area contributed by atoms with Crippen LogP contribution in [0.25, 0.3) is 21.9 Å². The zero-order chi connectivity index (χ0) is 13.8. The predicted molar refractivity (Wildman–Crippen MR) is 80.2 cm³/mol. The first-order chi connectivity index (χ1) is 8.89. The fraction of sp³-hybridized carbons (Fsp3) is 0.214. The van der Waals surface area contributed by atoms with Crippen LogP contribution in [0.2, 0.25) is 24.7 Å². The van der Waals surface area contributed by atoms with E-state index >= 15 is 0 Å². The van der Waals surface area contributed by atoms with Crippen LogP contribution in [0, 0.1) is 0 Å². The van der Waals surface area contributed by atoms with Crippen molar-refractivity contribution in [2.24, 2.45) is 0 Å². The molecule has 0 aliphatic carbocycles. The molecule has 3 aromatic rings. The fourth-order valence-electron chi connectivity index (χ4n) is 2.16. The molecule has 0 N–H and O–H groups in total. The second kappa shape index (κ2) is 3.98. The standard InChI is InChI=1S/C14H13ClO3Si/c1-19(2,3)14-11(15)10-12(18-14)8-6-4-5-7-9(8)17-13(10)16/h4-7H,1-3H3. The molecule has 0 saturated heterocycles. The molecule has 0 unspecified atom stereocenters. The summed E-state index contributed by atoms with van der Waals surface area (Å²) in [7, 11) is -1.75. The van der Waals surface area contributed by atoms with Gasteiger partial charge in [0, 0.05) is 0 Å². The van der Waals surface area contributed by atoms with Crippen LogP contribution in [-0.4, -0.2) is 8.07 Å². The number of fused-ring (bicyclic) bond motifs is 3. The minimum absolute atomic E-state index is 0.359. The Morgan fingerprint density at radius 3 is 2.47 bits per heavy atom. The third-order valence-electron chi connectivity index (χ3n) is 3.07. The van der Waals surface area contributed by atoms with Crippen molar-refractivity contribution in [2.45, 2.75) is 19.6 Å². The molecule has 0 saturated carbocycles. The lowest BCUT2D eigenvalue weighted by molar-refractivity contribution is 0.566. The molecule has 0 radical (unpaired) electrons. The molecule has 2 heterocycles. The zero-order valence-corrected chi connectivity index (χ0v) is 12.7. The fourth-order valence-corrected chi connectivity index (χ4v) is 4.40. The summed E-state index contributed by atoms with van der Waals surface area (Å²) in [6.07, 6.45) is 0. The highest BCUT2D eigenvalue weighted by atomic mass is 35.5. The summed E-state index contributed by atoms with van der Waals surface area (Å²) in [5.41, 5.74) is 0.619. The van der Waals surface area contributed by atoms with E-state index in [2.05, 4.69) is 19.6 Å². The topological polar surface area (TPSA) is 43.4 Å². The minimum Gasteiger partial charge on any atom is -0.464 e. The maximum absolute atomic E-state index is 12.1. The summed E-state index contributed by atoms with van der Waals surface area (Å²) in [6, 6.07) is 7.32. The second-order valence-corrected chi connectivity index (χ2v) is 10.9. The normalized spacial score (nSPS) is 12.4. The average molecular weight is 293 g/mol. The minimum atomic E-state index is -1.75. The van der Waals surface area contributed by atoms with E-state index in [0.717, 1.165) is 10.8 Å². The summed E-state index contributed by atoms with van der Waals surface area (Å²) in [5.74, 6) is 0. The molecular formula is C14H13ClO3Si.